The number of aromatic hydroxyl groups is 1. The Morgan fingerprint density at radius 3 is 1.81 bits per heavy atom. The summed E-state index contributed by atoms with van der Waals surface area (Å²) < 4.78 is 5.83. The van der Waals surface area contributed by atoms with Crippen LogP contribution in [0.4, 0.5) is 0 Å². The first-order chi connectivity index (χ1) is 12.4. The normalized spacial score (nSPS) is 12.8. The smallest absolute Gasteiger partial charge is 0.123 e. The molecule has 2 nitrogen and oxygen atoms in total. The maximum absolute atomic E-state index is 10.8. The Labute approximate surface area is 168 Å². The number of hydrogen-bond donors (Lipinski definition) is 1. The van der Waals surface area contributed by atoms with Gasteiger partial charge in [0, 0.05) is 13.2 Å². The highest BCUT2D eigenvalue weighted by Gasteiger charge is 2.26. The monoisotopic (exact) mass is 376 g/mol. The molecule has 1 N–H and O–H groups in total. The number of phenolic OH excluding ortho intramolecular Hbond substituents is 1. The average Bonchev–Trinajstić information content (AvgIpc) is 2.52. The van der Waals surface area contributed by atoms with Crippen LogP contribution in [-0.4, -0.2) is 18.3 Å². The first-order valence-corrected chi connectivity index (χ1v) is 10.9. The van der Waals surface area contributed by atoms with Crippen LogP contribution in [0.3, 0.4) is 0 Å². The lowest BCUT2D eigenvalue weighted by Gasteiger charge is -2.28. The Kier molecular flexibility index (Phi) is 9.34. The van der Waals surface area contributed by atoms with E-state index in [1.54, 1.807) is 0 Å². The quantitative estimate of drug-likeness (QED) is 0.439. The molecule has 0 aliphatic heterocycles. The zero-order valence-corrected chi connectivity index (χ0v) is 19.2. The fourth-order valence-electron chi connectivity index (χ4n) is 3.40. The van der Waals surface area contributed by atoms with E-state index in [0.717, 1.165) is 43.1 Å². The molecule has 0 radical (unpaired) electrons. The molecule has 0 unspecified atom stereocenters. The van der Waals surface area contributed by atoms with Gasteiger partial charge >= 0.3 is 0 Å². The summed E-state index contributed by atoms with van der Waals surface area (Å²) in [4.78, 5) is 0. The fraction of sp³-hybridized carbons (Fsp3) is 0.760. The number of benzene rings is 1. The lowest BCUT2D eigenvalue weighted by Crippen LogP contribution is -2.18. The first-order valence-electron chi connectivity index (χ1n) is 10.9. The molecule has 0 heterocycles. The van der Waals surface area contributed by atoms with Crippen LogP contribution >= 0.6 is 0 Å². The van der Waals surface area contributed by atoms with E-state index in [2.05, 4.69) is 67.5 Å². The molecule has 27 heavy (non-hydrogen) atoms. The zero-order chi connectivity index (χ0) is 20.7. The Morgan fingerprint density at radius 2 is 1.33 bits per heavy atom. The molecule has 2 heteroatoms. The predicted molar refractivity (Wildman–Crippen MR) is 118 cm³/mol. The summed E-state index contributed by atoms with van der Waals surface area (Å²) in [5.74, 6) is 1.28. The van der Waals surface area contributed by atoms with Crippen molar-refractivity contribution >= 4 is 0 Å². The van der Waals surface area contributed by atoms with Crippen molar-refractivity contribution in [2.24, 2.45) is 5.92 Å². The van der Waals surface area contributed by atoms with Gasteiger partial charge in [-0.05, 0) is 52.7 Å². The van der Waals surface area contributed by atoms with Crippen LogP contribution in [0.2, 0.25) is 0 Å². The molecule has 0 aliphatic rings. The molecule has 0 saturated heterocycles. The molecule has 156 valence electrons. The molecule has 0 aromatic heterocycles. The standard InChI is InChI=1S/C25H44O2/c1-19(2)13-10-9-11-15-27-16-12-14-20-17-21(24(3,4)5)23(26)22(18-20)25(6,7)8/h17-19,26H,9-16H2,1-8H3. The van der Waals surface area contributed by atoms with Crippen LogP contribution in [0, 0.1) is 5.92 Å². The van der Waals surface area contributed by atoms with Gasteiger partial charge in [0.2, 0.25) is 0 Å². The molecule has 0 saturated carbocycles. The van der Waals surface area contributed by atoms with Gasteiger partial charge in [-0.1, -0.05) is 86.8 Å². The average molecular weight is 377 g/mol. The molecule has 0 spiro atoms. The van der Waals surface area contributed by atoms with Crippen molar-refractivity contribution in [1.29, 1.82) is 0 Å². The number of aryl methyl sites for hydroxylation is 1. The van der Waals surface area contributed by atoms with E-state index in [9.17, 15) is 5.11 Å². The molecule has 0 atom stereocenters. The van der Waals surface area contributed by atoms with E-state index < -0.39 is 0 Å². The summed E-state index contributed by atoms with van der Waals surface area (Å²) >= 11 is 0. The first kappa shape index (κ1) is 24.0. The lowest BCUT2D eigenvalue weighted by molar-refractivity contribution is 0.127. The van der Waals surface area contributed by atoms with Crippen molar-refractivity contribution in [1.82, 2.24) is 0 Å². The van der Waals surface area contributed by atoms with Gasteiger partial charge in [0.15, 0.2) is 0 Å². The van der Waals surface area contributed by atoms with E-state index in [0.29, 0.717) is 5.75 Å². The van der Waals surface area contributed by atoms with Crippen molar-refractivity contribution in [3.05, 3.63) is 28.8 Å². The van der Waals surface area contributed by atoms with Crippen LogP contribution in [0.25, 0.3) is 0 Å². The molecule has 1 aromatic carbocycles. The largest absolute Gasteiger partial charge is 0.507 e. The Morgan fingerprint density at radius 1 is 0.815 bits per heavy atom. The lowest BCUT2D eigenvalue weighted by atomic mass is 9.78. The van der Waals surface area contributed by atoms with Crippen molar-refractivity contribution in [3.8, 4) is 5.75 Å². The summed E-state index contributed by atoms with van der Waals surface area (Å²) in [7, 11) is 0. The SMILES string of the molecule is CC(C)CCCCCOCCCc1cc(C(C)(C)C)c(O)c(C(C)(C)C)c1. The van der Waals surface area contributed by atoms with Gasteiger partial charge in [-0.2, -0.15) is 0 Å². The summed E-state index contributed by atoms with van der Waals surface area (Å²) in [6, 6.07) is 4.38. The van der Waals surface area contributed by atoms with Crippen LogP contribution in [-0.2, 0) is 22.0 Å². The van der Waals surface area contributed by atoms with Crippen molar-refractivity contribution < 1.29 is 9.84 Å². The van der Waals surface area contributed by atoms with Crippen LogP contribution in [0.1, 0.15) is 104 Å². The number of phenols is 1. The van der Waals surface area contributed by atoms with Gasteiger partial charge in [0.1, 0.15) is 5.75 Å². The fourth-order valence-corrected chi connectivity index (χ4v) is 3.40. The minimum absolute atomic E-state index is 0.0629. The van der Waals surface area contributed by atoms with Gasteiger partial charge in [0.25, 0.3) is 0 Å². The summed E-state index contributed by atoms with van der Waals surface area (Å²) in [6.45, 7) is 19.3. The van der Waals surface area contributed by atoms with Crippen LogP contribution < -0.4 is 0 Å². The van der Waals surface area contributed by atoms with E-state index in [1.165, 1.54) is 31.2 Å². The topological polar surface area (TPSA) is 29.5 Å². The molecular weight excluding hydrogens is 332 g/mol. The van der Waals surface area contributed by atoms with E-state index in [-0.39, 0.29) is 10.8 Å². The second kappa shape index (κ2) is 10.5. The molecule has 0 amide bonds. The highest BCUT2D eigenvalue weighted by molar-refractivity contribution is 5.49. The van der Waals surface area contributed by atoms with Gasteiger partial charge in [-0.15, -0.1) is 0 Å². The molecular formula is C25H44O2. The van der Waals surface area contributed by atoms with Gasteiger partial charge in [-0.25, -0.2) is 0 Å². The number of hydrogen-bond acceptors (Lipinski definition) is 2. The zero-order valence-electron chi connectivity index (χ0n) is 19.2. The Bertz CT molecular complexity index is 524. The maximum Gasteiger partial charge on any atom is 0.123 e. The molecule has 1 rings (SSSR count). The Balaban J connectivity index is 2.56. The molecule has 0 fully saturated rings. The third-order valence-corrected chi connectivity index (χ3v) is 5.11. The second-order valence-corrected chi connectivity index (χ2v) is 10.5. The van der Waals surface area contributed by atoms with Crippen molar-refractivity contribution in [3.63, 3.8) is 0 Å². The number of ether oxygens (including phenoxy) is 1. The van der Waals surface area contributed by atoms with Crippen LogP contribution in [0.15, 0.2) is 12.1 Å². The highest BCUT2D eigenvalue weighted by Crippen LogP contribution is 2.39. The minimum Gasteiger partial charge on any atom is -0.507 e. The summed E-state index contributed by atoms with van der Waals surface area (Å²) in [5, 5.41) is 10.8. The third-order valence-electron chi connectivity index (χ3n) is 5.11. The van der Waals surface area contributed by atoms with Crippen molar-refractivity contribution in [2.45, 2.75) is 105 Å². The van der Waals surface area contributed by atoms with Crippen molar-refractivity contribution in [2.75, 3.05) is 13.2 Å². The van der Waals surface area contributed by atoms with Crippen LogP contribution in [0.5, 0.6) is 5.75 Å². The van der Waals surface area contributed by atoms with E-state index >= 15 is 0 Å². The molecule has 0 aliphatic carbocycles. The predicted octanol–water partition coefficient (Wildman–Crippen LogP) is 7.15. The number of unbranched alkanes of at least 4 members (excludes halogenated alkanes) is 2. The van der Waals surface area contributed by atoms with Gasteiger partial charge in [0.05, 0.1) is 0 Å². The van der Waals surface area contributed by atoms with E-state index in [1.807, 2.05) is 0 Å². The maximum atomic E-state index is 10.8. The summed E-state index contributed by atoms with van der Waals surface area (Å²) in [6.07, 6.45) is 7.13. The van der Waals surface area contributed by atoms with E-state index in [4.69, 9.17) is 4.74 Å². The Hall–Kier alpha value is -1.02. The highest BCUT2D eigenvalue weighted by atomic mass is 16.5. The molecule has 0 bridgehead atoms. The summed E-state index contributed by atoms with van der Waals surface area (Å²) in [5.41, 5.74) is 3.29. The molecule has 1 aromatic rings. The minimum atomic E-state index is -0.0629. The van der Waals surface area contributed by atoms with Gasteiger partial charge in [-0.3, -0.25) is 0 Å². The number of rotatable bonds is 10. The third kappa shape index (κ3) is 8.68. The van der Waals surface area contributed by atoms with Gasteiger partial charge < -0.3 is 9.84 Å². The second-order valence-electron chi connectivity index (χ2n) is 10.5.